The Kier molecular flexibility index (Phi) is 3.27. The monoisotopic (exact) mass is 264 g/mol. The summed E-state index contributed by atoms with van der Waals surface area (Å²) in [6, 6.07) is 0. The number of nitro groups is 1. The van der Waals surface area contributed by atoms with Crippen LogP contribution in [0.15, 0.2) is 12.4 Å². The van der Waals surface area contributed by atoms with Gasteiger partial charge in [0, 0.05) is 24.8 Å². The van der Waals surface area contributed by atoms with Crippen molar-refractivity contribution in [1.82, 2.24) is 25.3 Å². The van der Waals surface area contributed by atoms with Crippen LogP contribution >= 0.6 is 0 Å². The molecule has 0 aliphatic carbocycles. The smallest absolute Gasteiger partial charge is 0.319 e. The fraction of sp³-hybridized carbons (Fsp3) is 0.300. The first-order valence-electron chi connectivity index (χ1n) is 5.44. The summed E-state index contributed by atoms with van der Waals surface area (Å²) < 4.78 is 1.68. The number of amides is 1. The van der Waals surface area contributed by atoms with Crippen LogP contribution in [0.1, 0.15) is 21.7 Å². The van der Waals surface area contributed by atoms with Crippen LogP contribution < -0.4 is 5.32 Å². The molecule has 0 aliphatic heterocycles. The van der Waals surface area contributed by atoms with Crippen molar-refractivity contribution in [2.45, 2.75) is 13.5 Å². The van der Waals surface area contributed by atoms with Gasteiger partial charge >= 0.3 is 5.69 Å². The molecule has 0 saturated carbocycles. The van der Waals surface area contributed by atoms with E-state index in [1.807, 2.05) is 6.92 Å². The molecule has 100 valence electrons. The van der Waals surface area contributed by atoms with Crippen molar-refractivity contribution in [2.24, 2.45) is 7.05 Å². The molecule has 9 heteroatoms. The fourth-order valence-corrected chi connectivity index (χ4v) is 1.57. The van der Waals surface area contributed by atoms with E-state index in [4.69, 9.17) is 0 Å². The predicted octanol–water partition coefficient (Wildman–Crippen LogP) is 0.290. The maximum absolute atomic E-state index is 11.8. The average Bonchev–Trinajstić information content (AvgIpc) is 2.96. The molecule has 2 heterocycles. The molecule has 0 atom stereocenters. The lowest BCUT2D eigenvalue weighted by atomic mass is 10.2. The van der Waals surface area contributed by atoms with Crippen molar-refractivity contribution in [2.75, 3.05) is 0 Å². The largest absolute Gasteiger partial charge is 0.346 e. The zero-order valence-electron chi connectivity index (χ0n) is 10.4. The van der Waals surface area contributed by atoms with Crippen molar-refractivity contribution in [3.8, 4) is 0 Å². The molecule has 2 aromatic heterocycles. The minimum absolute atomic E-state index is 0.161. The Labute approximate surface area is 107 Å². The van der Waals surface area contributed by atoms with E-state index in [9.17, 15) is 14.9 Å². The van der Waals surface area contributed by atoms with Gasteiger partial charge in [-0.3, -0.25) is 24.7 Å². The molecule has 0 radical (unpaired) electrons. The number of H-pyrrole nitrogens is 1. The molecular formula is C10H12N6O3. The lowest BCUT2D eigenvalue weighted by molar-refractivity contribution is -0.385. The topological polar surface area (TPSA) is 119 Å². The third kappa shape index (κ3) is 2.44. The van der Waals surface area contributed by atoms with E-state index in [1.165, 1.54) is 0 Å². The molecule has 2 aromatic rings. The summed E-state index contributed by atoms with van der Waals surface area (Å²) in [6.45, 7) is 2.11. The SMILES string of the molecule is Cc1c(CNC(=O)c2[nH]ncc2[N+](=O)[O-])cnn1C. The van der Waals surface area contributed by atoms with Crippen LogP contribution in [-0.4, -0.2) is 30.8 Å². The van der Waals surface area contributed by atoms with E-state index in [2.05, 4.69) is 20.6 Å². The van der Waals surface area contributed by atoms with Gasteiger partial charge in [-0.05, 0) is 6.92 Å². The molecule has 0 aromatic carbocycles. The number of carbonyl (C=O) groups excluding carboxylic acids is 1. The summed E-state index contributed by atoms with van der Waals surface area (Å²) in [5.41, 5.74) is 1.25. The summed E-state index contributed by atoms with van der Waals surface area (Å²) in [4.78, 5) is 21.8. The summed E-state index contributed by atoms with van der Waals surface area (Å²) in [7, 11) is 1.79. The van der Waals surface area contributed by atoms with Crippen LogP contribution in [-0.2, 0) is 13.6 Å². The second-order valence-electron chi connectivity index (χ2n) is 3.95. The summed E-state index contributed by atoms with van der Waals surface area (Å²) in [5, 5.41) is 23.1. The zero-order chi connectivity index (χ0) is 14.0. The quantitative estimate of drug-likeness (QED) is 0.607. The van der Waals surface area contributed by atoms with Gasteiger partial charge in [0.1, 0.15) is 6.20 Å². The fourth-order valence-electron chi connectivity index (χ4n) is 1.57. The number of aromatic nitrogens is 4. The molecule has 0 saturated heterocycles. The number of rotatable bonds is 4. The lowest BCUT2D eigenvalue weighted by Gasteiger charge is -2.03. The highest BCUT2D eigenvalue weighted by Gasteiger charge is 2.22. The van der Waals surface area contributed by atoms with Gasteiger partial charge in [-0.25, -0.2) is 0 Å². The summed E-state index contributed by atoms with van der Waals surface area (Å²) >= 11 is 0. The van der Waals surface area contributed by atoms with E-state index in [0.717, 1.165) is 17.5 Å². The highest BCUT2D eigenvalue weighted by Crippen LogP contribution is 2.14. The summed E-state index contributed by atoms with van der Waals surface area (Å²) in [6.07, 6.45) is 2.64. The van der Waals surface area contributed by atoms with Crippen molar-refractivity contribution in [3.05, 3.63) is 39.5 Å². The molecule has 0 unspecified atom stereocenters. The third-order valence-electron chi connectivity index (χ3n) is 2.82. The molecule has 1 amide bonds. The predicted molar refractivity (Wildman–Crippen MR) is 64.4 cm³/mol. The van der Waals surface area contributed by atoms with Crippen molar-refractivity contribution >= 4 is 11.6 Å². The molecule has 0 bridgehead atoms. The van der Waals surface area contributed by atoms with Crippen LogP contribution in [0.5, 0.6) is 0 Å². The van der Waals surface area contributed by atoms with Gasteiger partial charge in [0.05, 0.1) is 11.1 Å². The number of hydrogen-bond donors (Lipinski definition) is 2. The van der Waals surface area contributed by atoms with Gasteiger partial charge in [-0.2, -0.15) is 10.2 Å². The van der Waals surface area contributed by atoms with Crippen molar-refractivity contribution in [3.63, 3.8) is 0 Å². The standard InChI is InChI=1S/C10H12N6O3/c1-6-7(4-13-15(6)2)3-11-10(17)9-8(16(18)19)5-12-14-9/h4-5H,3H2,1-2H3,(H,11,17)(H,12,14). The number of aromatic amines is 1. The molecule has 0 spiro atoms. The van der Waals surface area contributed by atoms with E-state index in [-0.39, 0.29) is 17.9 Å². The lowest BCUT2D eigenvalue weighted by Crippen LogP contribution is -2.24. The molecule has 0 fully saturated rings. The van der Waals surface area contributed by atoms with Gasteiger partial charge in [0.25, 0.3) is 5.91 Å². The van der Waals surface area contributed by atoms with Gasteiger partial charge in [0.2, 0.25) is 5.69 Å². The van der Waals surface area contributed by atoms with E-state index >= 15 is 0 Å². The molecular weight excluding hydrogens is 252 g/mol. The van der Waals surface area contributed by atoms with E-state index in [0.29, 0.717) is 0 Å². The minimum Gasteiger partial charge on any atom is -0.346 e. The number of nitrogens with zero attached hydrogens (tertiary/aromatic N) is 4. The Hall–Kier alpha value is -2.71. The molecule has 2 rings (SSSR count). The van der Waals surface area contributed by atoms with Crippen LogP contribution in [0.4, 0.5) is 5.69 Å². The Bertz CT molecular complexity index is 629. The number of aryl methyl sites for hydroxylation is 1. The Morgan fingerprint density at radius 1 is 1.58 bits per heavy atom. The average molecular weight is 264 g/mol. The van der Waals surface area contributed by atoms with Gasteiger partial charge in [-0.15, -0.1) is 0 Å². The van der Waals surface area contributed by atoms with Crippen molar-refractivity contribution in [1.29, 1.82) is 0 Å². The van der Waals surface area contributed by atoms with Crippen LogP contribution in [0, 0.1) is 17.0 Å². The normalized spacial score (nSPS) is 10.4. The first kappa shape index (κ1) is 12.7. The number of hydrogen-bond acceptors (Lipinski definition) is 5. The Balaban J connectivity index is 2.08. The van der Waals surface area contributed by atoms with Gasteiger partial charge < -0.3 is 5.32 Å². The van der Waals surface area contributed by atoms with Crippen LogP contribution in [0.25, 0.3) is 0 Å². The maximum atomic E-state index is 11.8. The highest BCUT2D eigenvalue weighted by atomic mass is 16.6. The number of carbonyl (C=O) groups is 1. The van der Waals surface area contributed by atoms with Crippen LogP contribution in [0.2, 0.25) is 0 Å². The molecule has 2 N–H and O–H groups in total. The summed E-state index contributed by atoms with van der Waals surface area (Å²) in [5.74, 6) is -0.576. The molecule has 19 heavy (non-hydrogen) atoms. The zero-order valence-corrected chi connectivity index (χ0v) is 10.4. The van der Waals surface area contributed by atoms with E-state index in [1.54, 1.807) is 17.9 Å². The number of nitrogens with one attached hydrogen (secondary N) is 2. The Morgan fingerprint density at radius 2 is 2.32 bits per heavy atom. The van der Waals surface area contributed by atoms with Crippen LogP contribution in [0.3, 0.4) is 0 Å². The first-order valence-corrected chi connectivity index (χ1v) is 5.44. The van der Waals surface area contributed by atoms with Crippen molar-refractivity contribution < 1.29 is 9.72 Å². The third-order valence-corrected chi connectivity index (χ3v) is 2.82. The first-order chi connectivity index (χ1) is 9.00. The second kappa shape index (κ2) is 4.88. The van der Waals surface area contributed by atoms with E-state index < -0.39 is 10.8 Å². The maximum Gasteiger partial charge on any atom is 0.319 e. The molecule has 0 aliphatic rings. The van der Waals surface area contributed by atoms with Gasteiger partial charge in [0.15, 0.2) is 0 Å². The minimum atomic E-state index is -0.659. The highest BCUT2D eigenvalue weighted by molar-refractivity contribution is 5.95. The second-order valence-corrected chi connectivity index (χ2v) is 3.95. The van der Waals surface area contributed by atoms with Gasteiger partial charge in [-0.1, -0.05) is 0 Å². The molecule has 9 nitrogen and oxygen atoms in total. The Morgan fingerprint density at radius 3 is 2.89 bits per heavy atom.